The van der Waals surface area contributed by atoms with Gasteiger partial charge in [-0.25, -0.2) is 4.39 Å². The first-order valence-electron chi connectivity index (χ1n) is 5.70. The van der Waals surface area contributed by atoms with Crippen molar-refractivity contribution in [2.45, 2.75) is 19.9 Å². The molecule has 0 fully saturated rings. The van der Waals surface area contributed by atoms with E-state index in [1.807, 2.05) is 37.3 Å². The molecular weight excluding hydrogens is 213 g/mol. The van der Waals surface area contributed by atoms with E-state index >= 15 is 0 Å². The molecule has 0 saturated carbocycles. The molecule has 0 aliphatic heterocycles. The molecule has 0 aliphatic rings. The van der Waals surface area contributed by atoms with E-state index in [-0.39, 0.29) is 11.9 Å². The molecule has 88 valence electrons. The van der Waals surface area contributed by atoms with Gasteiger partial charge in [0.25, 0.3) is 0 Å². The van der Waals surface area contributed by atoms with E-state index in [1.165, 1.54) is 6.07 Å². The molecule has 0 saturated heterocycles. The zero-order valence-corrected chi connectivity index (χ0v) is 10.1. The molecule has 0 radical (unpaired) electrons. The molecule has 1 unspecified atom stereocenters. The third kappa shape index (κ3) is 2.53. The number of nitrogens with two attached hydrogens (primary N) is 1. The van der Waals surface area contributed by atoms with Crippen LogP contribution in [0.1, 0.15) is 24.1 Å². The number of aryl methyl sites for hydroxylation is 1. The van der Waals surface area contributed by atoms with Crippen molar-refractivity contribution in [1.82, 2.24) is 0 Å². The molecule has 0 aliphatic carbocycles. The highest BCUT2D eigenvalue weighted by molar-refractivity contribution is 5.64. The Hall–Kier alpha value is -1.67. The fourth-order valence-corrected chi connectivity index (χ4v) is 1.80. The Morgan fingerprint density at radius 3 is 2.12 bits per heavy atom. The van der Waals surface area contributed by atoms with Crippen LogP contribution in [0.25, 0.3) is 11.1 Å². The lowest BCUT2D eigenvalue weighted by Crippen LogP contribution is -2.04. The van der Waals surface area contributed by atoms with Crippen LogP contribution in [0.3, 0.4) is 0 Å². The van der Waals surface area contributed by atoms with Crippen LogP contribution in [0.4, 0.5) is 4.39 Å². The van der Waals surface area contributed by atoms with Crippen molar-refractivity contribution in [2.75, 3.05) is 0 Å². The van der Waals surface area contributed by atoms with Gasteiger partial charge in [-0.1, -0.05) is 30.3 Å². The number of rotatable bonds is 2. The second-order valence-electron chi connectivity index (χ2n) is 4.37. The molecule has 0 bridgehead atoms. The van der Waals surface area contributed by atoms with Crippen molar-refractivity contribution in [3.05, 3.63) is 59.4 Å². The Kier molecular flexibility index (Phi) is 3.25. The summed E-state index contributed by atoms with van der Waals surface area (Å²) in [6.07, 6.45) is 0. The first-order chi connectivity index (χ1) is 8.08. The smallest absolute Gasteiger partial charge is 0.126 e. The summed E-state index contributed by atoms with van der Waals surface area (Å²) in [5, 5.41) is 0. The molecule has 0 amide bonds. The molecule has 2 aromatic rings. The van der Waals surface area contributed by atoms with Crippen LogP contribution >= 0.6 is 0 Å². The third-order valence-electron chi connectivity index (χ3n) is 2.93. The predicted molar refractivity (Wildman–Crippen MR) is 69.2 cm³/mol. The monoisotopic (exact) mass is 229 g/mol. The van der Waals surface area contributed by atoms with Crippen molar-refractivity contribution < 1.29 is 4.39 Å². The Morgan fingerprint density at radius 2 is 1.59 bits per heavy atom. The molecule has 2 aromatic carbocycles. The maximum atomic E-state index is 13.2. The number of hydrogen-bond acceptors (Lipinski definition) is 1. The van der Waals surface area contributed by atoms with Crippen LogP contribution in [-0.4, -0.2) is 0 Å². The van der Waals surface area contributed by atoms with E-state index in [2.05, 4.69) is 0 Å². The van der Waals surface area contributed by atoms with Gasteiger partial charge in [0.1, 0.15) is 5.82 Å². The van der Waals surface area contributed by atoms with Gasteiger partial charge in [-0.2, -0.15) is 0 Å². The summed E-state index contributed by atoms with van der Waals surface area (Å²) < 4.78 is 13.2. The molecule has 2 N–H and O–H groups in total. The summed E-state index contributed by atoms with van der Waals surface area (Å²) in [4.78, 5) is 0. The topological polar surface area (TPSA) is 26.0 Å². The SMILES string of the molecule is Cc1cc(-c2ccc(C(C)N)cc2)ccc1F. The van der Waals surface area contributed by atoms with Crippen LogP contribution in [0, 0.1) is 12.7 Å². The van der Waals surface area contributed by atoms with E-state index < -0.39 is 0 Å². The zero-order chi connectivity index (χ0) is 12.4. The summed E-state index contributed by atoms with van der Waals surface area (Å²) in [6, 6.07) is 13.3. The molecule has 0 spiro atoms. The van der Waals surface area contributed by atoms with Crippen molar-refractivity contribution >= 4 is 0 Å². The maximum Gasteiger partial charge on any atom is 0.126 e. The Bertz CT molecular complexity index is 515. The standard InChI is InChI=1S/C15H16FN/c1-10-9-14(7-8-15(10)16)13-5-3-12(4-6-13)11(2)17/h3-9,11H,17H2,1-2H3. The van der Waals surface area contributed by atoms with Crippen LogP contribution < -0.4 is 5.73 Å². The largest absolute Gasteiger partial charge is 0.324 e. The second kappa shape index (κ2) is 4.68. The summed E-state index contributed by atoms with van der Waals surface area (Å²) >= 11 is 0. The summed E-state index contributed by atoms with van der Waals surface area (Å²) in [6.45, 7) is 3.73. The lowest BCUT2D eigenvalue weighted by molar-refractivity contribution is 0.619. The summed E-state index contributed by atoms with van der Waals surface area (Å²) in [5.74, 6) is -0.166. The van der Waals surface area contributed by atoms with Gasteiger partial charge < -0.3 is 5.73 Å². The Morgan fingerprint density at radius 1 is 1.00 bits per heavy atom. The van der Waals surface area contributed by atoms with E-state index in [9.17, 15) is 4.39 Å². The highest BCUT2D eigenvalue weighted by Crippen LogP contribution is 2.23. The Labute approximate surface area is 101 Å². The van der Waals surface area contributed by atoms with Gasteiger partial charge in [0, 0.05) is 6.04 Å². The molecule has 2 rings (SSSR count). The average molecular weight is 229 g/mol. The van der Waals surface area contributed by atoms with Gasteiger partial charge in [-0.05, 0) is 48.2 Å². The fourth-order valence-electron chi connectivity index (χ4n) is 1.80. The highest BCUT2D eigenvalue weighted by Gasteiger charge is 2.03. The molecule has 2 heteroatoms. The van der Waals surface area contributed by atoms with E-state index in [1.54, 1.807) is 13.0 Å². The fraction of sp³-hybridized carbons (Fsp3) is 0.200. The molecule has 0 heterocycles. The predicted octanol–water partition coefficient (Wildman–Crippen LogP) is 3.82. The van der Waals surface area contributed by atoms with Gasteiger partial charge in [0.15, 0.2) is 0 Å². The normalized spacial score (nSPS) is 12.5. The molecule has 17 heavy (non-hydrogen) atoms. The van der Waals surface area contributed by atoms with Gasteiger partial charge in [-0.3, -0.25) is 0 Å². The summed E-state index contributed by atoms with van der Waals surface area (Å²) in [7, 11) is 0. The Balaban J connectivity index is 2.36. The highest BCUT2D eigenvalue weighted by atomic mass is 19.1. The average Bonchev–Trinajstić information content (AvgIpc) is 2.33. The molecular formula is C15H16FN. The van der Waals surface area contributed by atoms with E-state index in [0.29, 0.717) is 5.56 Å². The number of halogens is 1. The lowest BCUT2D eigenvalue weighted by atomic mass is 10.0. The van der Waals surface area contributed by atoms with Gasteiger partial charge >= 0.3 is 0 Å². The van der Waals surface area contributed by atoms with Crippen LogP contribution in [0.15, 0.2) is 42.5 Å². The van der Waals surface area contributed by atoms with Crippen molar-refractivity contribution in [2.24, 2.45) is 5.73 Å². The molecule has 0 aromatic heterocycles. The van der Waals surface area contributed by atoms with Gasteiger partial charge in [-0.15, -0.1) is 0 Å². The maximum absolute atomic E-state index is 13.2. The van der Waals surface area contributed by atoms with E-state index in [4.69, 9.17) is 5.73 Å². The van der Waals surface area contributed by atoms with Crippen molar-refractivity contribution in [1.29, 1.82) is 0 Å². The van der Waals surface area contributed by atoms with Crippen LogP contribution in [-0.2, 0) is 0 Å². The van der Waals surface area contributed by atoms with E-state index in [0.717, 1.165) is 16.7 Å². The first kappa shape index (κ1) is 11.8. The minimum absolute atomic E-state index is 0.0407. The second-order valence-corrected chi connectivity index (χ2v) is 4.37. The minimum atomic E-state index is -0.166. The zero-order valence-electron chi connectivity index (χ0n) is 10.1. The molecule has 1 atom stereocenters. The lowest BCUT2D eigenvalue weighted by Gasteiger charge is -2.08. The van der Waals surface area contributed by atoms with Crippen molar-refractivity contribution in [3.63, 3.8) is 0 Å². The van der Waals surface area contributed by atoms with Gasteiger partial charge in [0.2, 0.25) is 0 Å². The quantitative estimate of drug-likeness (QED) is 0.832. The number of benzene rings is 2. The third-order valence-corrected chi connectivity index (χ3v) is 2.93. The minimum Gasteiger partial charge on any atom is -0.324 e. The van der Waals surface area contributed by atoms with Crippen LogP contribution in [0.5, 0.6) is 0 Å². The molecule has 1 nitrogen and oxygen atoms in total. The number of hydrogen-bond donors (Lipinski definition) is 1. The van der Waals surface area contributed by atoms with Crippen molar-refractivity contribution in [3.8, 4) is 11.1 Å². The summed E-state index contributed by atoms with van der Waals surface area (Å²) in [5.41, 5.74) is 9.68. The first-order valence-corrected chi connectivity index (χ1v) is 5.70. The van der Waals surface area contributed by atoms with Gasteiger partial charge in [0.05, 0.1) is 0 Å². The van der Waals surface area contributed by atoms with Crippen LogP contribution in [0.2, 0.25) is 0 Å².